The Balaban J connectivity index is 0.750. The predicted octanol–water partition coefficient (Wildman–Crippen LogP) is -9.13. The van der Waals surface area contributed by atoms with Gasteiger partial charge in [0.2, 0.25) is 0 Å². The van der Waals surface area contributed by atoms with Crippen molar-refractivity contribution in [3.05, 3.63) is 0 Å². The maximum atomic E-state index is 15.0. The van der Waals surface area contributed by atoms with Crippen LogP contribution in [0.5, 0.6) is 0 Å². The monoisotopic (exact) mass is 1420 g/mol. The van der Waals surface area contributed by atoms with Gasteiger partial charge in [-0.2, -0.15) is 0 Å². The number of carbonyl (C=O) groups is 1. The first-order valence-corrected chi connectivity index (χ1v) is 34.4. The van der Waals surface area contributed by atoms with E-state index in [2.05, 4.69) is 6.92 Å². The number of hydrogen-bond donors (Lipinski definition) is 21. The Morgan fingerprint density at radius 3 is 1.48 bits per heavy atom. The largest absolute Gasteiger partial charge is 0.394 e. The van der Waals surface area contributed by atoms with E-state index in [9.17, 15) is 112 Å². The van der Waals surface area contributed by atoms with Crippen LogP contribution in [0.4, 0.5) is 0 Å². The number of rotatable bonds is 22. The molecule has 42 atom stereocenters. The average Bonchev–Trinajstić information content (AvgIpc) is 1.51. The zero-order valence-electron chi connectivity index (χ0n) is 54.9. The second-order valence-electron chi connectivity index (χ2n) is 29.8. The van der Waals surface area contributed by atoms with E-state index in [0.717, 1.165) is 12.8 Å². The van der Waals surface area contributed by atoms with Gasteiger partial charge < -0.3 is 169 Å². The first kappa shape index (κ1) is 77.4. The van der Waals surface area contributed by atoms with E-state index in [1.807, 2.05) is 20.8 Å². The number of carbonyl (C=O) groups excluding carboxylic acids is 1. The van der Waals surface area contributed by atoms with E-state index < -0.39 is 247 Å². The fourth-order valence-electron chi connectivity index (χ4n) is 18.3. The minimum Gasteiger partial charge on any atom is -0.394 e. The number of fused-ring (bicyclic) bond motifs is 7. The topological polar surface area (TPSA) is 562 Å². The van der Waals surface area contributed by atoms with Crippen molar-refractivity contribution >= 4 is 5.78 Å². The third kappa shape index (κ3) is 14.1. The maximum absolute atomic E-state index is 15.0. The van der Waals surface area contributed by atoms with Gasteiger partial charge in [-0.15, -0.1) is 0 Å². The molecule has 1 unspecified atom stereocenters. The zero-order valence-corrected chi connectivity index (χ0v) is 54.9. The van der Waals surface area contributed by atoms with Crippen LogP contribution in [0.25, 0.3) is 0 Å². The lowest BCUT2D eigenvalue weighted by atomic mass is 9.44. The molecule has 0 aromatic carbocycles. The van der Waals surface area contributed by atoms with Crippen molar-refractivity contribution in [1.82, 2.24) is 0 Å². The van der Waals surface area contributed by atoms with Gasteiger partial charge in [0.1, 0.15) is 152 Å². The molecule has 0 aromatic heterocycles. The van der Waals surface area contributed by atoms with Gasteiger partial charge in [0.25, 0.3) is 0 Å². The number of Topliss-reactive ketones (excluding diaryl/α,β-unsaturated/α-hetero) is 1. The smallest absolute Gasteiger partial charge is 0.187 e. The molecule has 21 N–H and O–H groups in total. The van der Waals surface area contributed by atoms with E-state index >= 15 is 0 Å². The Kier molecular flexibility index (Phi) is 24.5. The van der Waals surface area contributed by atoms with Crippen LogP contribution in [0.2, 0.25) is 0 Å². The van der Waals surface area contributed by atoms with Crippen molar-refractivity contribution in [1.29, 1.82) is 0 Å². The summed E-state index contributed by atoms with van der Waals surface area (Å²) >= 11 is 0. The SMILES string of the molecule is C[C@@H](CC[C@@]1(O)O[C@H]2C[C@H]3[C@@H]4CCC5C[C@@H](O[C@@H]6O[C@H](CO)[C@H](O[C@@H]7O[C@H](CO)[C@@H](O)[C@H](O[C@@H]8O[C@H](CO)[C@@H](O)[C@H](O)[C@H]8O)[C@H]7O[C@@H]7O[C@H](CO)[C@@H](O)[C@H](O[C@@H]8O[C@H](CO)[C@@H](O)[C@H](O)[C@H]8O)[C@H]7O)[C@H](O)[C@H]6O)CC[C@]5(C)[C@H]4CC(=O)[C@]3(C)[C@H]2[C@@H]1C)CO[C@@H]1O[C@H](CO)[C@@H](O)[C@H](O)[C@H]1O. The van der Waals surface area contributed by atoms with E-state index in [1.54, 1.807) is 0 Å². The lowest BCUT2D eigenvalue weighted by Crippen LogP contribution is -2.69. The van der Waals surface area contributed by atoms with E-state index in [-0.39, 0.29) is 65.8 Å². The average molecular weight is 1420 g/mol. The van der Waals surface area contributed by atoms with Crippen molar-refractivity contribution in [2.24, 2.45) is 52.3 Å². The zero-order chi connectivity index (χ0) is 71.1. The summed E-state index contributed by atoms with van der Waals surface area (Å²) < 4.78 is 77.7. The summed E-state index contributed by atoms with van der Waals surface area (Å²) in [7, 11) is 0. The number of hydrogen-bond acceptors (Lipinski definition) is 35. The van der Waals surface area contributed by atoms with Gasteiger partial charge in [0.15, 0.2) is 43.5 Å². The van der Waals surface area contributed by atoms with Crippen LogP contribution in [-0.2, 0) is 66.4 Å². The van der Waals surface area contributed by atoms with Crippen molar-refractivity contribution in [3.63, 3.8) is 0 Å². The molecular weight excluding hydrogens is 1320 g/mol. The summed E-state index contributed by atoms with van der Waals surface area (Å²) in [6, 6.07) is 0. The lowest BCUT2D eigenvalue weighted by Gasteiger charge is -2.60. The summed E-state index contributed by atoms with van der Waals surface area (Å²) in [5.74, 6) is -2.09. The molecule has 98 heavy (non-hydrogen) atoms. The molecule has 0 radical (unpaired) electrons. The van der Waals surface area contributed by atoms with Crippen molar-refractivity contribution in [2.75, 3.05) is 46.2 Å². The van der Waals surface area contributed by atoms with E-state index in [1.165, 1.54) is 0 Å². The summed E-state index contributed by atoms with van der Waals surface area (Å²) in [5, 5.41) is 228. The molecule has 7 saturated heterocycles. The van der Waals surface area contributed by atoms with Gasteiger partial charge in [-0.3, -0.25) is 4.79 Å². The Hall–Kier alpha value is -1.69. The molecule has 11 aliphatic rings. The van der Waals surface area contributed by atoms with Gasteiger partial charge in [0, 0.05) is 30.1 Å². The Morgan fingerprint density at radius 1 is 0.469 bits per heavy atom. The second kappa shape index (κ2) is 31.0. The Bertz CT molecular complexity index is 2600. The molecule has 0 aromatic rings. The molecule has 4 aliphatic carbocycles. The second-order valence-corrected chi connectivity index (χ2v) is 29.8. The normalized spacial score (nSPS) is 54.7. The third-order valence-electron chi connectivity index (χ3n) is 24.2. The number of aliphatic hydroxyl groups excluding tert-OH is 20. The van der Waals surface area contributed by atoms with Gasteiger partial charge in [-0.05, 0) is 80.0 Å². The van der Waals surface area contributed by atoms with Crippen molar-refractivity contribution in [3.8, 4) is 0 Å². The van der Waals surface area contributed by atoms with Crippen molar-refractivity contribution in [2.45, 2.75) is 288 Å². The molecule has 4 saturated carbocycles. The molecule has 0 amide bonds. The van der Waals surface area contributed by atoms with Gasteiger partial charge in [-0.1, -0.05) is 27.7 Å². The van der Waals surface area contributed by atoms with Crippen LogP contribution in [0.3, 0.4) is 0 Å². The Morgan fingerprint density at radius 2 is 0.918 bits per heavy atom. The first-order chi connectivity index (χ1) is 46.4. The molecule has 35 heteroatoms. The van der Waals surface area contributed by atoms with E-state index in [0.29, 0.717) is 38.5 Å². The summed E-state index contributed by atoms with van der Waals surface area (Å²) in [6.07, 6.45) is -51.9. The fraction of sp³-hybridized carbons (Fsp3) is 0.984. The van der Waals surface area contributed by atoms with E-state index in [4.69, 9.17) is 61.6 Å². The lowest BCUT2D eigenvalue weighted by molar-refractivity contribution is -0.411. The molecule has 11 rings (SSSR count). The van der Waals surface area contributed by atoms with Crippen LogP contribution in [0, 0.1) is 52.3 Å². The van der Waals surface area contributed by atoms with Gasteiger partial charge in [-0.25, -0.2) is 0 Å². The molecule has 7 heterocycles. The highest BCUT2D eigenvalue weighted by atomic mass is 16.8. The molecule has 11 fully saturated rings. The standard InChI is InChI=1S/C63H104O35/c1-21(20-86-55-46(80)42(76)37(71)29(14-64)88-55)7-10-63(85)22(2)36-28(98-63)12-27-25-6-5-23-11-24(8-9-61(23,3)26(25)13-35(70)62(27,36)4)87-56-49(83)45(79)51(34(19-69)93-56)94-60-54(53(41(75)33(18-68)92-60)96-58-48(82)44(78)39(73)31(16-66)90-58)97-59-50(84)52(40(74)32(17-67)91-59)95-57-47(81)43(77)38(72)30(15-65)89-57/h21-34,36-60,64-69,71-85H,5-20H2,1-4H3/t21-,22-,23?,24-,25+,26-,27-,28-,29+,30+,31+,32+,33+,34+,36-,37+,38+,39+,40+,41+,42-,43-,44-,45+,46+,47+,48+,49+,50+,51-,52-,53-,54+,55+,56+,57-,58-,59-,60-,61-,62+,63+/m0/s1. The minimum absolute atomic E-state index is 0.00541. The molecule has 7 aliphatic heterocycles. The van der Waals surface area contributed by atoms with Crippen LogP contribution in [-0.4, -0.2) is 361 Å². The summed E-state index contributed by atoms with van der Waals surface area (Å²) in [6.45, 7) is 2.70. The van der Waals surface area contributed by atoms with Gasteiger partial charge >= 0.3 is 0 Å². The summed E-state index contributed by atoms with van der Waals surface area (Å²) in [4.78, 5) is 15.0. The number of aliphatic hydroxyl groups is 21. The minimum atomic E-state index is -2.26. The van der Waals surface area contributed by atoms with Crippen LogP contribution >= 0.6 is 0 Å². The number of ketones is 1. The molecular formula is C63H104O35. The van der Waals surface area contributed by atoms with Crippen LogP contribution < -0.4 is 0 Å². The molecule has 566 valence electrons. The molecule has 0 spiro atoms. The Labute approximate surface area is 564 Å². The van der Waals surface area contributed by atoms with Crippen LogP contribution in [0.15, 0.2) is 0 Å². The quantitative estimate of drug-likeness (QED) is 0.0448. The third-order valence-corrected chi connectivity index (χ3v) is 24.2. The predicted molar refractivity (Wildman–Crippen MR) is 317 cm³/mol. The maximum Gasteiger partial charge on any atom is 0.187 e. The van der Waals surface area contributed by atoms with Crippen molar-refractivity contribution < 1.29 is 174 Å². The number of ether oxygens (including phenoxy) is 13. The molecule has 35 nitrogen and oxygen atoms in total. The highest BCUT2D eigenvalue weighted by Gasteiger charge is 2.72. The van der Waals surface area contributed by atoms with Gasteiger partial charge in [0.05, 0.1) is 58.5 Å². The molecule has 0 bridgehead atoms. The highest BCUT2D eigenvalue weighted by molar-refractivity contribution is 5.87. The summed E-state index contributed by atoms with van der Waals surface area (Å²) in [5.41, 5.74) is -1.10. The fourth-order valence-corrected chi connectivity index (χ4v) is 18.3. The van der Waals surface area contributed by atoms with Crippen LogP contribution in [0.1, 0.15) is 85.5 Å². The first-order valence-electron chi connectivity index (χ1n) is 34.4. The highest BCUT2D eigenvalue weighted by Crippen LogP contribution is 2.70.